The zero-order valence-corrected chi connectivity index (χ0v) is 12.9. The van der Waals surface area contributed by atoms with Crippen molar-refractivity contribution in [3.05, 3.63) is 35.6 Å². The number of nitrogens with zero attached hydrogens (tertiary/aromatic N) is 2. The number of piperazine rings is 1. The average molecular weight is 295 g/mol. The summed E-state index contributed by atoms with van der Waals surface area (Å²) >= 11 is 5.15. The molecule has 2 rings (SSSR count). The first kappa shape index (κ1) is 15.4. The summed E-state index contributed by atoms with van der Waals surface area (Å²) in [6.45, 7) is 8.86. The normalized spacial score (nSPS) is 18.1. The van der Waals surface area contributed by atoms with Crippen molar-refractivity contribution in [3.8, 4) is 0 Å². The molecule has 5 heteroatoms. The molecule has 3 nitrogen and oxygen atoms in total. The van der Waals surface area contributed by atoms with E-state index in [4.69, 9.17) is 18.0 Å². The first-order valence-corrected chi connectivity index (χ1v) is 7.32. The number of hydrogen-bond donors (Lipinski definition) is 1. The van der Waals surface area contributed by atoms with Gasteiger partial charge in [-0.2, -0.15) is 0 Å². The molecular weight excluding hydrogens is 273 g/mol. The van der Waals surface area contributed by atoms with E-state index in [2.05, 4.69) is 23.6 Å². The van der Waals surface area contributed by atoms with Crippen LogP contribution in [0.25, 0.3) is 0 Å². The van der Waals surface area contributed by atoms with Crippen molar-refractivity contribution >= 4 is 17.2 Å². The third-order valence-electron chi connectivity index (χ3n) is 4.09. The van der Waals surface area contributed by atoms with Crippen molar-refractivity contribution in [2.24, 2.45) is 5.73 Å². The van der Waals surface area contributed by atoms with Gasteiger partial charge in [0.1, 0.15) is 5.82 Å². The average Bonchev–Trinajstić information content (AvgIpc) is 2.42. The van der Waals surface area contributed by atoms with E-state index in [-0.39, 0.29) is 11.4 Å². The van der Waals surface area contributed by atoms with E-state index in [9.17, 15) is 4.39 Å². The Morgan fingerprint density at radius 2 is 1.75 bits per heavy atom. The molecule has 1 aliphatic heterocycles. The second-order valence-corrected chi connectivity index (χ2v) is 6.25. The van der Waals surface area contributed by atoms with Crippen LogP contribution in [-0.2, 0) is 6.54 Å². The maximum absolute atomic E-state index is 12.9. The van der Waals surface area contributed by atoms with E-state index in [1.165, 1.54) is 12.1 Å². The van der Waals surface area contributed by atoms with Crippen molar-refractivity contribution < 1.29 is 4.39 Å². The molecule has 0 spiro atoms. The fourth-order valence-corrected chi connectivity index (χ4v) is 2.60. The lowest BCUT2D eigenvalue weighted by Gasteiger charge is -2.43. The Bertz CT molecular complexity index is 465. The standard InChI is InChI=1S/C15H22FN3S/c1-15(2,14(17)20)19-9-7-18(8-10-19)11-12-3-5-13(16)6-4-12/h3-6H,7-11H2,1-2H3,(H2,17,20). The van der Waals surface area contributed by atoms with Crippen molar-refractivity contribution in [1.29, 1.82) is 0 Å². The van der Waals surface area contributed by atoms with E-state index in [0.29, 0.717) is 4.99 Å². The van der Waals surface area contributed by atoms with E-state index < -0.39 is 0 Å². The van der Waals surface area contributed by atoms with Gasteiger partial charge in [-0.25, -0.2) is 4.39 Å². The lowest BCUT2D eigenvalue weighted by molar-refractivity contribution is 0.0821. The number of hydrogen-bond acceptors (Lipinski definition) is 3. The Hall–Kier alpha value is -1.04. The van der Waals surface area contributed by atoms with Gasteiger partial charge in [0.05, 0.1) is 10.5 Å². The van der Waals surface area contributed by atoms with Crippen LogP contribution in [0.2, 0.25) is 0 Å². The van der Waals surface area contributed by atoms with Gasteiger partial charge in [0.25, 0.3) is 0 Å². The quantitative estimate of drug-likeness (QED) is 0.861. The number of benzene rings is 1. The number of rotatable bonds is 4. The highest BCUT2D eigenvalue weighted by Crippen LogP contribution is 2.18. The molecule has 0 aliphatic carbocycles. The van der Waals surface area contributed by atoms with Crippen LogP contribution in [0.4, 0.5) is 4.39 Å². The summed E-state index contributed by atoms with van der Waals surface area (Å²) in [4.78, 5) is 5.25. The molecule has 0 saturated carbocycles. The second-order valence-electron chi connectivity index (χ2n) is 5.81. The lowest BCUT2D eigenvalue weighted by atomic mass is 10.0. The molecular formula is C15H22FN3S. The smallest absolute Gasteiger partial charge is 0.123 e. The molecule has 0 unspecified atom stereocenters. The van der Waals surface area contributed by atoms with Crippen LogP contribution >= 0.6 is 12.2 Å². The second kappa shape index (κ2) is 6.16. The van der Waals surface area contributed by atoms with Crippen LogP contribution in [0, 0.1) is 5.82 Å². The predicted molar refractivity (Wildman–Crippen MR) is 84.1 cm³/mol. The monoisotopic (exact) mass is 295 g/mol. The summed E-state index contributed by atoms with van der Waals surface area (Å²) < 4.78 is 12.9. The van der Waals surface area contributed by atoms with Gasteiger partial charge in [0.15, 0.2) is 0 Å². The van der Waals surface area contributed by atoms with Gasteiger partial charge in [-0.15, -0.1) is 0 Å². The molecule has 1 saturated heterocycles. The molecule has 1 fully saturated rings. The highest BCUT2D eigenvalue weighted by Gasteiger charge is 2.32. The third-order valence-corrected chi connectivity index (χ3v) is 4.58. The Morgan fingerprint density at radius 1 is 1.20 bits per heavy atom. The zero-order valence-electron chi connectivity index (χ0n) is 12.1. The van der Waals surface area contributed by atoms with E-state index in [1.54, 1.807) is 0 Å². The number of thiocarbonyl (C=S) groups is 1. The van der Waals surface area contributed by atoms with E-state index in [1.807, 2.05) is 12.1 Å². The van der Waals surface area contributed by atoms with Crippen molar-refractivity contribution in [3.63, 3.8) is 0 Å². The maximum atomic E-state index is 12.9. The molecule has 0 atom stereocenters. The van der Waals surface area contributed by atoms with Crippen LogP contribution in [-0.4, -0.2) is 46.5 Å². The number of nitrogens with two attached hydrogens (primary N) is 1. The maximum Gasteiger partial charge on any atom is 0.123 e. The molecule has 0 bridgehead atoms. The summed E-state index contributed by atoms with van der Waals surface area (Å²) in [7, 11) is 0. The minimum Gasteiger partial charge on any atom is -0.392 e. The van der Waals surface area contributed by atoms with Gasteiger partial charge in [-0.1, -0.05) is 24.4 Å². The van der Waals surface area contributed by atoms with E-state index in [0.717, 1.165) is 38.3 Å². The molecule has 110 valence electrons. The van der Waals surface area contributed by atoms with Crippen molar-refractivity contribution in [1.82, 2.24) is 9.80 Å². The van der Waals surface area contributed by atoms with Crippen molar-refractivity contribution in [2.45, 2.75) is 25.9 Å². The summed E-state index contributed by atoms with van der Waals surface area (Å²) in [5, 5.41) is 0. The molecule has 1 aromatic carbocycles. The van der Waals surface area contributed by atoms with Gasteiger partial charge >= 0.3 is 0 Å². The summed E-state index contributed by atoms with van der Waals surface area (Å²) in [5.41, 5.74) is 6.74. The topological polar surface area (TPSA) is 32.5 Å². The van der Waals surface area contributed by atoms with Crippen LogP contribution in [0.15, 0.2) is 24.3 Å². The van der Waals surface area contributed by atoms with Crippen LogP contribution < -0.4 is 5.73 Å². The summed E-state index contributed by atoms with van der Waals surface area (Å²) in [6, 6.07) is 6.73. The molecule has 1 aromatic rings. The Morgan fingerprint density at radius 3 is 2.25 bits per heavy atom. The molecule has 0 aromatic heterocycles. The van der Waals surface area contributed by atoms with Crippen LogP contribution in [0.1, 0.15) is 19.4 Å². The molecule has 0 amide bonds. The van der Waals surface area contributed by atoms with Crippen molar-refractivity contribution in [2.75, 3.05) is 26.2 Å². The predicted octanol–water partition coefficient (Wildman–Crippen LogP) is 2.01. The highest BCUT2D eigenvalue weighted by molar-refractivity contribution is 7.80. The fraction of sp³-hybridized carbons (Fsp3) is 0.533. The Balaban J connectivity index is 1.88. The van der Waals surface area contributed by atoms with Crippen LogP contribution in [0.3, 0.4) is 0 Å². The van der Waals surface area contributed by atoms with Gasteiger partial charge in [0.2, 0.25) is 0 Å². The zero-order chi connectivity index (χ0) is 14.8. The Kier molecular flexibility index (Phi) is 4.73. The van der Waals surface area contributed by atoms with Gasteiger partial charge < -0.3 is 5.73 Å². The van der Waals surface area contributed by atoms with E-state index >= 15 is 0 Å². The molecule has 1 heterocycles. The lowest BCUT2D eigenvalue weighted by Crippen LogP contribution is -2.59. The fourth-order valence-electron chi connectivity index (χ4n) is 2.47. The Labute approximate surface area is 125 Å². The first-order chi connectivity index (χ1) is 9.39. The van der Waals surface area contributed by atoms with Gasteiger partial charge in [-0.05, 0) is 31.5 Å². The summed E-state index contributed by atoms with van der Waals surface area (Å²) in [5.74, 6) is -0.184. The van der Waals surface area contributed by atoms with Crippen LogP contribution in [0.5, 0.6) is 0 Å². The third kappa shape index (κ3) is 3.53. The minimum absolute atomic E-state index is 0.184. The largest absolute Gasteiger partial charge is 0.392 e. The molecule has 2 N–H and O–H groups in total. The molecule has 1 aliphatic rings. The SMILES string of the molecule is CC(C)(C(N)=S)N1CCN(Cc2ccc(F)cc2)CC1. The summed E-state index contributed by atoms with van der Waals surface area (Å²) in [6.07, 6.45) is 0. The number of halogens is 1. The molecule has 20 heavy (non-hydrogen) atoms. The highest BCUT2D eigenvalue weighted by atomic mass is 32.1. The minimum atomic E-state index is -0.225. The van der Waals surface area contributed by atoms with Gasteiger partial charge in [0, 0.05) is 32.7 Å². The van der Waals surface area contributed by atoms with Gasteiger partial charge in [-0.3, -0.25) is 9.80 Å². The molecule has 0 radical (unpaired) electrons. The first-order valence-electron chi connectivity index (χ1n) is 6.91.